The normalized spacial score (nSPS) is 13.0. The summed E-state index contributed by atoms with van der Waals surface area (Å²) in [5, 5.41) is 3.31. The number of anilines is 1. The maximum atomic E-state index is 12.9. The molecule has 0 saturated carbocycles. The van der Waals surface area contributed by atoms with Gasteiger partial charge in [0.25, 0.3) is 0 Å². The molecule has 1 aromatic carbocycles. The molecule has 0 bridgehead atoms. The van der Waals surface area contributed by atoms with E-state index in [0.29, 0.717) is 16.3 Å². The zero-order valence-electron chi connectivity index (χ0n) is 14.5. The van der Waals surface area contributed by atoms with Gasteiger partial charge in [-0.3, -0.25) is 4.79 Å². The molecule has 1 aliphatic carbocycles. The molecule has 138 valence electrons. The summed E-state index contributed by atoms with van der Waals surface area (Å²) in [5.74, 6) is -0.487. The van der Waals surface area contributed by atoms with Crippen LogP contribution in [-0.4, -0.2) is 25.1 Å². The van der Waals surface area contributed by atoms with Crippen molar-refractivity contribution in [2.75, 3.05) is 18.5 Å². The maximum absolute atomic E-state index is 12.9. The highest BCUT2D eigenvalue weighted by Crippen LogP contribution is 2.38. The summed E-state index contributed by atoms with van der Waals surface area (Å²) in [4.78, 5) is 25.2. The van der Waals surface area contributed by atoms with Crippen molar-refractivity contribution in [2.24, 2.45) is 0 Å². The fraction of sp³-hybridized carbons (Fsp3) is 0.368. The van der Waals surface area contributed by atoms with E-state index in [2.05, 4.69) is 5.32 Å². The molecule has 0 aliphatic heterocycles. The van der Waals surface area contributed by atoms with E-state index in [1.165, 1.54) is 42.5 Å². The fourth-order valence-electron chi connectivity index (χ4n) is 2.93. The molecule has 2 aromatic rings. The Morgan fingerprint density at radius 2 is 1.88 bits per heavy atom. The first-order chi connectivity index (χ1) is 12.5. The number of nitrogens with one attached hydrogen (secondary N) is 1. The van der Waals surface area contributed by atoms with E-state index in [1.807, 2.05) is 0 Å². The second-order valence-corrected chi connectivity index (χ2v) is 7.14. The molecular weight excluding hydrogens is 357 g/mol. The molecule has 0 spiro atoms. The summed E-state index contributed by atoms with van der Waals surface area (Å²) in [6.07, 6.45) is 3.86. The van der Waals surface area contributed by atoms with E-state index >= 15 is 0 Å². The van der Waals surface area contributed by atoms with Crippen molar-refractivity contribution in [3.8, 4) is 5.75 Å². The number of aryl methyl sites for hydroxylation is 1. The summed E-state index contributed by atoms with van der Waals surface area (Å²) < 4.78 is 23.6. The third-order valence-corrected chi connectivity index (χ3v) is 5.27. The van der Waals surface area contributed by atoms with Gasteiger partial charge < -0.3 is 14.8 Å². The Labute approximate surface area is 155 Å². The van der Waals surface area contributed by atoms with Gasteiger partial charge in [0.15, 0.2) is 0 Å². The number of fused-ring (bicyclic) bond motifs is 1. The van der Waals surface area contributed by atoms with Crippen LogP contribution in [-0.2, 0) is 22.4 Å². The van der Waals surface area contributed by atoms with Crippen LogP contribution in [0.2, 0.25) is 0 Å². The molecule has 1 amide bonds. The summed E-state index contributed by atoms with van der Waals surface area (Å²) in [5.41, 5.74) is 1.47. The minimum absolute atomic E-state index is 0.0698. The maximum Gasteiger partial charge on any atom is 0.341 e. The monoisotopic (exact) mass is 377 g/mol. The second-order valence-electron chi connectivity index (χ2n) is 6.03. The van der Waals surface area contributed by atoms with E-state index in [4.69, 9.17) is 9.47 Å². The van der Waals surface area contributed by atoms with Gasteiger partial charge in [0.1, 0.15) is 29.8 Å². The van der Waals surface area contributed by atoms with Crippen LogP contribution < -0.4 is 10.1 Å². The fourth-order valence-corrected chi connectivity index (χ4v) is 4.25. The third kappa shape index (κ3) is 4.40. The average Bonchev–Trinajstić information content (AvgIpc) is 2.97. The summed E-state index contributed by atoms with van der Waals surface area (Å²) in [6, 6.07) is 5.64. The van der Waals surface area contributed by atoms with Gasteiger partial charge >= 0.3 is 5.97 Å². The van der Waals surface area contributed by atoms with Crippen LogP contribution in [0, 0.1) is 5.82 Å². The molecule has 1 N–H and O–H groups in total. The zero-order chi connectivity index (χ0) is 18.5. The highest BCUT2D eigenvalue weighted by Gasteiger charge is 2.26. The van der Waals surface area contributed by atoms with Gasteiger partial charge in [-0.15, -0.1) is 11.3 Å². The van der Waals surface area contributed by atoms with Crippen LogP contribution in [0.5, 0.6) is 5.75 Å². The van der Waals surface area contributed by atoms with Crippen molar-refractivity contribution in [1.29, 1.82) is 0 Å². The Morgan fingerprint density at radius 1 is 1.15 bits per heavy atom. The van der Waals surface area contributed by atoms with Crippen LogP contribution >= 0.6 is 11.3 Å². The number of hydrogen-bond acceptors (Lipinski definition) is 5. The van der Waals surface area contributed by atoms with Crippen LogP contribution in [0.1, 0.15) is 40.6 Å². The predicted octanol–water partition coefficient (Wildman–Crippen LogP) is 3.96. The molecule has 5 nitrogen and oxygen atoms in total. The Bertz CT molecular complexity index is 801. The van der Waals surface area contributed by atoms with E-state index in [-0.39, 0.29) is 24.9 Å². The lowest BCUT2D eigenvalue weighted by atomic mass is 9.95. The molecule has 0 saturated heterocycles. The first kappa shape index (κ1) is 18.4. The Balaban J connectivity index is 1.62. The molecule has 3 rings (SSSR count). The van der Waals surface area contributed by atoms with E-state index in [9.17, 15) is 14.0 Å². The van der Waals surface area contributed by atoms with Gasteiger partial charge in [0.2, 0.25) is 5.91 Å². The molecule has 0 fully saturated rings. The largest absolute Gasteiger partial charge is 0.490 e. The molecule has 26 heavy (non-hydrogen) atoms. The van der Waals surface area contributed by atoms with Crippen molar-refractivity contribution < 1.29 is 23.5 Å². The molecule has 1 aliphatic rings. The van der Waals surface area contributed by atoms with Gasteiger partial charge in [-0.2, -0.15) is 0 Å². The van der Waals surface area contributed by atoms with Gasteiger partial charge in [0.05, 0.1) is 5.56 Å². The van der Waals surface area contributed by atoms with Crippen molar-refractivity contribution in [3.63, 3.8) is 0 Å². The highest BCUT2D eigenvalue weighted by atomic mass is 32.1. The van der Waals surface area contributed by atoms with Crippen LogP contribution in [0.25, 0.3) is 0 Å². The molecule has 0 radical (unpaired) electrons. The lowest BCUT2D eigenvalue weighted by Crippen LogP contribution is -2.16. The average molecular weight is 377 g/mol. The Morgan fingerprint density at radius 3 is 2.62 bits per heavy atom. The summed E-state index contributed by atoms with van der Waals surface area (Å²) >= 11 is 1.46. The van der Waals surface area contributed by atoms with Crippen molar-refractivity contribution in [3.05, 3.63) is 46.1 Å². The summed E-state index contributed by atoms with van der Waals surface area (Å²) in [6.45, 7) is 1.66. The topological polar surface area (TPSA) is 64.6 Å². The Hall–Kier alpha value is -2.41. The third-order valence-electron chi connectivity index (χ3n) is 4.06. The molecule has 0 unspecified atom stereocenters. The number of ether oxygens (including phenoxy) is 2. The molecule has 7 heteroatoms. The van der Waals surface area contributed by atoms with Gasteiger partial charge in [-0.05, 0) is 55.5 Å². The highest BCUT2D eigenvalue weighted by molar-refractivity contribution is 7.17. The molecule has 0 atom stereocenters. The molecular formula is C19H20FNO4S. The molecule has 1 aromatic heterocycles. The van der Waals surface area contributed by atoms with Crippen LogP contribution in [0.4, 0.5) is 9.39 Å². The van der Waals surface area contributed by atoms with E-state index < -0.39 is 5.97 Å². The van der Waals surface area contributed by atoms with Crippen molar-refractivity contribution in [1.82, 2.24) is 0 Å². The Kier molecular flexibility index (Phi) is 5.88. The van der Waals surface area contributed by atoms with Crippen LogP contribution in [0.15, 0.2) is 24.3 Å². The number of hydrogen-bond donors (Lipinski definition) is 1. The SMILES string of the molecule is CC(=O)Nc1sc2c(c1C(=O)OCCOc1ccc(F)cc1)CCCC2. The van der Waals surface area contributed by atoms with Crippen molar-refractivity contribution >= 4 is 28.2 Å². The number of halogens is 1. The standard InChI is InChI=1S/C19H20FNO4S/c1-12(22)21-18-17(15-4-2-3-5-16(15)26-18)19(23)25-11-10-24-14-8-6-13(20)7-9-14/h6-9H,2-5,10-11H2,1H3,(H,21,22). The number of carbonyl (C=O) groups is 2. The number of rotatable bonds is 6. The number of carbonyl (C=O) groups excluding carboxylic acids is 2. The minimum atomic E-state index is -0.448. The number of esters is 1. The van der Waals surface area contributed by atoms with Crippen molar-refractivity contribution in [2.45, 2.75) is 32.6 Å². The quantitative estimate of drug-likeness (QED) is 0.611. The number of amides is 1. The van der Waals surface area contributed by atoms with E-state index in [1.54, 1.807) is 0 Å². The number of thiophene rings is 1. The lowest BCUT2D eigenvalue weighted by Gasteiger charge is -2.13. The van der Waals surface area contributed by atoms with E-state index in [0.717, 1.165) is 36.1 Å². The van der Waals surface area contributed by atoms with Gasteiger partial charge in [-0.1, -0.05) is 0 Å². The smallest absolute Gasteiger partial charge is 0.341 e. The number of benzene rings is 1. The first-order valence-corrected chi connectivity index (χ1v) is 9.34. The minimum Gasteiger partial charge on any atom is -0.490 e. The second kappa shape index (κ2) is 8.31. The first-order valence-electron chi connectivity index (χ1n) is 8.52. The summed E-state index contributed by atoms with van der Waals surface area (Å²) in [7, 11) is 0. The molecule has 1 heterocycles. The lowest BCUT2D eigenvalue weighted by molar-refractivity contribution is -0.114. The van der Waals surface area contributed by atoms with Gasteiger partial charge in [0, 0.05) is 11.8 Å². The van der Waals surface area contributed by atoms with Crippen LogP contribution in [0.3, 0.4) is 0 Å². The predicted molar refractivity (Wildman–Crippen MR) is 97.4 cm³/mol. The zero-order valence-corrected chi connectivity index (χ0v) is 15.3. The van der Waals surface area contributed by atoms with Gasteiger partial charge in [-0.25, -0.2) is 9.18 Å².